The number of benzene rings is 1. The zero-order valence-electron chi connectivity index (χ0n) is 13.6. The van der Waals surface area contributed by atoms with Crippen molar-refractivity contribution in [1.82, 2.24) is 14.9 Å². The van der Waals surface area contributed by atoms with Gasteiger partial charge in [0.25, 0.3) is 0 Å². The van der Waals surface area contributed by atoms with Crippen LogP contribution in [0, 0.1) is 0 Å². The van der Waals surface area contributed by atoms with Crippen LogP contribution in [-0.2, 0) is 11.2 Å². The maximum Gasteiger partial charge on any atom is 0.240 e. The van der Waals surface area contributed by atoms with E-state index in [9.17, 15) is 4.79 Å². The Morgan fingerprint density at radius 2 is 2.12 bits per heavy atom. The number of hydrogen-bond acceptors (Lipinski definition) is 6. The van der Waals surface area contributed by atoms with Crippen LogP contribution in [0.5, 0.6) is 0 Å². The Morgan fingerprint density at radius 1 is 1.28 bits per heavy atom. The second-order valence-corrected chi connectivity index (χ2v) is 8.04. The number of amides is 1. The zero-order valence-corrected chi connectivity index (χ0v) is 15.3. The number of nitrogens with two attached hydrogens (primary N) is 1. The molecule has 2 N–H and O–H groups in total. The maximum absolute atomic E-state index is 12.9. The second-order valence-electron chi connectivity index (χ2n) is 5.78. The summed E-state index contributed by atoms with van der Waals surface area (Å²) < 4.78 is 1.46. The van der Waals surface area contributed by atoms with Crippen LogP contribution >= 0.6 is 23.1 Å². The van der Waals surface area contributed by atoms with Crippen LogP contribution in [0.3, 0.4) is 0 Å². The number of nitrogen functional groups attached to an aromatic ring is 1. The van der Waals surface area contributed by atoms with Crippen molar-refractivity contribution in [2.75, 3.05) is 17.3 Å². The number of thiophene rings is 1. The highest BCUT2D eigenvalue weighted by Gasteiger charge is 2.29. The van der Waals surface area contributed by atoms with Gasteiger partial charge in [0.2, 0.25) is 11.1 Å². The fourth-order valence-corrected chi connectivity index (χ4v) is 4.46. The number of fused-ring (bicyclic) bond motifs is 1. The maximum atomic E-state index is 12.9. The van der Waals surface area contributed by atoms with Crippen molar-refractivity contribution in [2.24, 2.45) is 0 Å². The molecule has 6 nitrogen and oxygen atoms in total. The molecular formula is C17H17N5OS2. The molecule has 128 valence electrons. The van der Waals surface area contributed by atoms with E-state index in [2.05, 4.69) is 16.3 Å². The zero-order chi connectivity index (χ0) is 17.4. The standard InChI is InChI=1S/C17H17N5OS2/c1-11(16(23)21-9-8-12-5-2-3-6-13(12)21)25-17-20-19-15(22(17)18)14-7-4-10-24-14/h2-7,10-11H,8-9,18H2,1H3/t11-/m0/s1. The first-order valence-electron chi connectivity index (χ1n) is 7.95. The molecule has 1 amide bonds. The van der Waals surface area contributed by atoms with E-state index < -0.39 is 0 Å². The third-order valence-corrected chi connectivity index (χ3v) is 6.10. The van der Waals surface area contributed by atoms with Crippen LogP contribution in [0.15, 0.2) is 46.9 Å². The molecule has 0 fully saturated rings. The number of carbonyl (C=O) groups excluding carboxylic acids is 1. The number of hydrogen-bond donors (Lipinski definition) is 1. The summed E-state index contributed by atoms with van der Waals surface area (Å²) in [5.41, 5.74) is 2.23. The van der Waals surface area contributed by atoms with Crippen LogP contribution in [0.25, 0.3) is 10.7 Å². The molecule has 0 radical (unpaired) electrons. The molecule has 0 spiro atoms. The molecule has 8 heteroatoms. The lowest BCUT2D eigenvalue weighted by Gasteiger charge is -2.21. The fourth-order valence-electron chi connectivity index (χ4n) is 2.93. The minimum atomic E-state index is -0.297. The van der Waals surface area contributed by atoms with E-state index >= 15 is 0 Å². The van der Waals surface area contributed by atoms with Crippen molar-refractivity contribution in [3.8, 4) is 10.7 Å². The summed E-state index contributed by atoms with van der Waals surface area (Å²) in [7, 11) is 0. The Balaban J connectivity index is 1.51. The molecule has 2 aromatic heterocycles. The van der Waals surface area contributed by atoms with Crippen LogP contribution in [0.1, 0.15) is 12.5 Å². The third kappa shape index (κ3) is 2.91. The lowest BCUT2D eigenvalue weighted by atomic mass is 10.2. The predicted molar refractivity (Wildman–Crippen MR) is 101 cm³/mol. The average Bonchev–Trinajstić information content (AvgIpc) is 3.35. The number of anilines is 1. The van der Waals surface area contributed by atoms with E-state index in [1.807, 2.05) is 47.5 Å². The minimum Gasteiger partial charge on any atom is -0.335 e. The summed E-state index contributed by atoms with van der Waals surface area (Å²) in [5, 5.41) is 10.5. The van der Waals surface area contributed by atoms with Gasteiger partial charge in [-0.3, -0.25) is 4.79 Å². The molecule has 3 heterocycles. The Morgan fingerprint density at radius 3 is 2.92 bits per heavy atom. The minimum absolute atomic E-state index is 0.0654. The fraction of sp³-hybridized carbons (Fsp3) is 0.235. The number of para-hydroxylation sites is 1. The normalized spacial score (nSPS) is 14.5. The van der Waals surface area contributed by atoms with Crippen LogP contribution in [0.2, 0.25) is 0 Å². The van der Waals surface area contributed by atoms with Gasteiger partial charge in [0.15, 0.2) is 5.82 Å². The van der Waals surface area contributed by atoms with Gasteiger partial charge in [-0.1, -0.05) is 36.0 Å². The summed E-state index contributed by atoms with van der Waals surface area (Å²) in [5.74, 6) is 6.81. The number of rotatable bonds is 4. The van der Waals surface area contributed by atoms with E-state index in [0.717, 1.165) is 23.5 Å². The van der Waals surface area contributed by atoms with Crippen LogP contribution in [-0.4, -0.2) is 32.6 Å². The molecule has 0 saturated heterocycles. The van der Waals surface area contributed by atoms with Gasteiger partial charge in [0, 0.05) is 12.2 Å². The summed E-state index contributed by atoms with van der Waals surface area (Å²) in [6.45, 7) is 2.60. The van der Waals surface area contributed by atoms with Crippen molar-refractivity contribution in [2.45, 2.75) is 23.8 Å². The first-order valence-corrected chi connectivity index (χ1v) is 9.71. The SMILES string of the molecule is C[C@H](Sc1nnc(-c2cccs2)n1N)C(=O)N1CCc2ccccc21. The molecule has 25 heavy (non-hydrogen) atoms. The first kappa shape index (κ1) is 16.2. The Labute approximate surface area is 153 Å². The first-order chi connectivity index (χ1) is 12.1. The summed E-state index contributed by atoms with van der Waals surface area (Å²) >= 11 is 2.89. The highest BCUT2D eigenvalue weighted by atomic mass is 32.2. The smallest absolute Gasteiger partial charge is 0.240 e. The molecule has 3 aromatic rings. The van der Waals surface area contributed by atoms with E-state index in [-0.39, 0.29) is 11.2 Å². The Bertz CT molecular complexity index is 906. The number of thioether (sulfide) groups is 1. The van der Waals surface area contributed by atoms with Gasteiger partial charge in [0.1, 0.15) is 0 Å². The molecule has 0 aliphatic carbocycles. The van der Waals surface area contributed by atoms with Gasteiger partial charge >= 0.3 is 0 Å². The van der Waals surface area contributed by atoms with Gasteiger partial charge in [-0.25, -0.2) is 4.68 Å². The van der Waals surface area contributed by atoms with Gasteiger partial charge < -0.3 is 10.7 Å². The highest BCUT2D eigenvalue weighted by molar-refractivity contribution is 8.00. The van der Waals surface area contributed by atoms with Crippen molar-refractivity contribution >= 4 is 34.7 Å². The molecule has 1 atom stereocenters. The molecule has 0 saturated carbocycles. The van der Waals surface area contributed by atoms with E-state index in [1.54, 1.807) is 11.3 Å². The predicted octanol–water partition coefficient (Wildman–Crippen LogP) is 2.79. The van der Waals surface area contributed by atoms with Crippen LogP contribution < -0.4 is 10.7 Å². The molecule has 0 unspecified atom stereocenters. The third-order valence-electron chi connectivity index (χ3n) is 4.19. The number of carbonyl (C=O) groups is 1. The summed E-state index contributed by atoms with van der Waals surface area (Å²) in [6.07, 6.45) is 0.898. The van der Waals surface area contributed by atoms with Crippen LogP contribution in [0.4, 0.5) is 5.69 Å². The lowest BCUT2D eigenvalue weighted by molar-refractivity contribution is -0.117. The van der Waals surface area contributed by atoms with E-state index in [4.69, 9.17) is 5.84 Å². The molecule has 4 rings (SSSR count). The van der Waals surface area contributed by atoms with Gasteiger partial charge in [0.05, 0.1) is 10.1 Å². The number of aromatic nitrogens is 3. The average molecular weight is 371 g/mol. The second kappa shape index (κ2) is 6.53. The summed E-state index contributed by atoms with van der Waals surface area (Å²) in [6, 6.07) is 11.9. The molecular weight excluding hydrogens is 354 g/mol. The number of nitrogens with zero attached hydrogens (tertiary/aromatic N) is 4. The van der Waals surface area contributed by atoms with Crippen molar-refractivity contribution in [3.05, 3.63) is 47.3 Å². The highest BCUT2D eigenvalue weighted by Crippen LogP contribution is 2.32. The monoisotopic (exact) mass is 371 g/mol. The Kier molecular flexibility index (Phi) is 4.22. The van der Waals surface area contributed by atoms with E-state index in [0.29, 0.717) is 11.0 Å². The molecule has 1 aliphatic rings. The van der Waals surface area contributed by atoms with Gasteiger partial charge in [-0.2, -0.15) is 0 Å². The van der Waals surface area contributed by atoms with Gasteiger partial charge in [-0.05, 0) is 36.4 Å². The molecule has 0 bridgehead atoms. The molecule has 1 aromatic carbocycles. The molecule has 1 aliphatic heterocycles. The van der Waals surface area contributed by atoms with Gasteiger partial charge in [-0.15, -0.1) is 21.5 Å². The van der Waals surface area contributed by atoms with Crippen molar-refractivity contribution in [1.29, 1.82) is 0 Å². The largest absolute Gasteiger partial charge is 0.335 e. The summed E-state index contributed by atoms with van der Waals surface area (Å²) in [4.78, 5) is 15.7. The quantitative estimate of drug-likeness (QED) is 0.564. The Hall–Kier alpha value is -2.32. The lowest BCUT2D eigenvalue weighted by Crippen LogP contribution is -2.35. The van der Waals surface area contributed by atoms with Crippen molar-refractivity contribution in [3.63, 3.8) is 0 Å². The van der Waals surface area contributed by atoms with E-state index in [1.165, 1.54) is 22.0 Å². The van der Waals surface area contributed by atoms with Crippen molar-refractivity contribution < 1.29 is 4.79 Å². The topological polar surface area (TPSA) is 77.0 Å².